The van der Waals surface area contributed by atoms with E-state index in [2.05, 4.69) is 23.2 Å². The minimum absolute atomic E-state index is 0.00667. The smallest absolute Gasteiger partial charge is 0.255 e. The number of rotatable bonds is 4. The Kier molecular flexibility index (Phi) is 4.66. The van der Waals surface area contributed by atoms with Gasteiger partial charge in [-0.05, 0) is 73.4 Å². The second kappa shape index (κ2) is 7.34. The maximum atomic E-state index is 12.8. The number of ether oxygens (including phenoxy) is 2. The summed E-state index contributed by atoms with van der Waals surface area (Å²) in [7, 11) is 0. The van der Waals surface area contributed by atoms with E-state index in [-0.39, 0.29) is 11.5 Å². The first-order chi connectivity index (χ1) is 14.1. The number of fused-ring (bicyclic) bond motifs is 2. The van der Waals surface area contributed by atoms with E-state index in [4.69, 9.17) is 15.2 Å². The van der Waals surface area contributed by atoms with Crippen LogP contribution in [-0.2, 0) is 16.8 Å². The van der Waals surface area contributed by atoms with Gasteiger partial charge in [-0.3, -0.25) is 4.79 Å². The first-order valence-corrected chi connectivity index (χ1v) is 10.5. The Morgan fingerprint density at radius 2 is 2.07 bits per heavy atom. The van der Waals surface area contributed by atoms with Gasteiger partial charge in [-0.2, -0.15) is 0 Å². The number of hydrogen-bond acceptors (Lipinski definition) is 5. The van der Waals surface area contributed by atoms with E-state index in [1.165, 1.54) is 24.0 Å². The molecule has 1 aromatic carbocycles. The van der Waals surface area contributed by atoms with E-state index in [1.54, 1.807) is 18.3 Å². The van der Waals surface area contributed by atoms with Crippen LogP contribution in [0.25, 0.3) is 0 Å². The lowest BCUT2D eigenvalue weighted by atomic mass is 9.79. The third-order valence-corrected chi connectivity index (χ3v) is 6.39. The van der Waals surface area contributed by atoms with Gasteiger partial charge in [-0.15, -0.1) is 0 Å². The van der Waals surface area contributed by atoms with Crippen molar-refractivity contribution >= 4 is 11.7 Å². The van der Waals surface area contributed by atoms with Gasteiger partial charge < -0.3 is 20.1 Å². The molecule has 6 nitrogen and oxygen atoms in total. The Bertz CT molecular complexity index is 900. The van der Waals surface area contributed by atoms with Crippen LogP contribution in [0.3, 0.4) is 0 Å². The molecule has 29 heavy (non-hydrogen) atoms. The average molecular weight is 393 g/mol. The van der Waals surface area contributed by atoms with Crippen LogP contribution < -0.4 is 10.5 Å². The Balaban J connectivity index is 1.29. The van der Waals surface area contributed by atoms with Crippen LogP contribution in [0.4, 0.5) is 5.82 Å². The fourth-order valence-corrected chi connectivity index (χ4v) is 4.44. The second-order valence-corrected chi connectivity index (χ2v) is 8.43. The van der Waals surface area contributed by atoms with E-state index in [9.17, 15) is 4.79 Å². The summed E-state index contributed by atoms with van der Waals surface area (Å²) in [6.07, 6.45) is 6.66. The number of amides is 1. The fraction of sp³-hybridized carbons (Fsp3) is 0.478. The molecular formula is C23H27N3O3. The van der Waals surface area contributed by atoms with Gasteiger partial charge in [0.05, 0.1) is 24.4 Å². The number of anilines is 1. The molecule has 0 unspecified atom stereocenters. The lowest BCUT2D eigenvalue weighted by Gasteiger charge is -2.45. The van der Waals surface area contributed by atoms with Crippen LogP contribution in [0.1, 0.15) is 47.2 Å². The molecule has 5 rings (SSSR count). The van der Waals surface area contributed by atoms with Crippen molar-refractivity contribution in [1.82, 2.24) is 9.88 Å². The summed E-state index contributed by atoms with van der Waals surface area (Å²) >= 11 is 0. The van der Waals surface area contributed by atoms with Crippen molar-refractivity contribution < 1.29 is 14.3 Å². The predicted molar refractivity (Wildman–Crippen MR) is 110 cm³/mol. The van der Waals surface area contributed by atoms with Crippen molar-refractivity contribution in [2.45, 2.75) is 37.7 Å². The van der Waals surface area contributed by atoms with Crippen molar-refractivity contribution in [2.75, 3.05) is 32.0 Å². The van der Waals surface area contributed by atoms with Crippen LogP contribution in [0.2, 0.25) is 0 Å². The first-order valence-electron chi connectivity index (χ1n) is 10.5. The molecule has 1 aromatic heterocycles. The summed E-state index contributed by atoms with van der Waals surface area (Å²) in [5, 5.41) is 0. The minimum Gasteiger partial charge on any atom is -0.493 e. The number of piperidine rings is 1. The van der Waals surface area contributed by atoms with Crippen LogP contribution in [0.5, 0.6) is 5.75 Å². The van der Waals surface area contributed by atoms with E-state index in [0.717, 1.165) is 44.1 Å². The van der Waals surface area contributed by atoms with Gasteiger partial charge in [-0.1, -0.05) is 6.07 Å². The molecule has 0 atom stereocenters. The third kappa shape index (κ3) is 3.69. The fourth-order valence-electron chi connectivity index (χ4n) is 4.44. The maximum Gasteiger partial charge on any atom is 0.255 e. The number of likely N-dealkylation sites (tertiary alicyclic amines) is 1. The van der Waals surface area contributed by atoms with Crippen LogP contribution in [-0.4, -0.2) is 42.1 Å². The Hall–Kier alpha value is -2.60. The van der Waals surface area contributed by atoms with Gasteiger partial charge in [0.15, 0.2) is 0 Å². The topological polar surface area (TPSA) is 77.7 Å². The molecule has 2 aromatic rings. The zero-order chi connectivity index (χ0) is 19.8. The van der Waals surface area contributed by atoms with Crippen molar-refractivity contribution in [1.29, 1.82) is 0 Å². The van der Waals surface area contributed by atoms with Crippen LogP contribution in [0, 0.1) is 5.92 Å². The Labute approximate surface area is 171 Å². The standard InChI is InChI=1S/C23H27N3O3/c24-21-6-3-18(14-25-21)22(27)26-10-8-23(9-11-26)20-5-4-19(28-15-16-1-2-16)13-17(20)7-12-29-23/h3-6,13-14,16H,1-2,7-12,15H2,(H2,24,25). The summed E-state index contributed by atoms with van der Waals surface area (Å²) in [5.41, 5.74) is 8.51. The molecular weight excluding hydrogens is 366 g/mol. The van der Waals surface area contributed by atoms with Crippen LogP contribution in [0.15, 0.2) is 36.5 Å². The van der Waals surface area contributed by atoms with E-state index in [1.807, 2.05) is 4.90 Å². The summed E-state index contributed by atoms with van der Waals surface area (Å²) in [4.78, 5) is 18.7. The Morgan fingerprint density at radius 3 is 2.79 bits per heavy atom. The zero-order valence-electron chi connectivity index (χ0n) is 16.6. The molecule has 2 fully saturated rings. The highest BCUT2D eigenvalue weighted by Gasteiger charge is 2.42. The maximum absolute atomic E-state index is 12.8. The highest BCUT2D eigenvalue weighted by Crippen LogP contribution is 2.43. The van der Waals surface area contributed by atoms with Crippen molar-refractivity contribution in [3.05, 3.63) is 53.2 Å². The van der Waals surface area contributed by atoms with Crippen LogP contribution >= 0.6 is 0 Å². The molecule has 1 spiro atoms. The number of carbonyl (C=O) groups excluding carboxylic acids is 1. The number of aromatic nitrogens is 1. The molecule has 152 valence electrons. The van der Waals surface area contributed by atoms with Gasteiger partial charge in [0.25, 0.3) is 5.91 Å². The summed E-state index contributed by atoms with van der Waals surface area (Å²) < 4.78 is 12.3. The lowest BCUT2D eigenvalue weighted by Crippen LogP contribution is -2.48. The molecule has 3 aliphatic rings. The van der Waals surface area contributed by atoms with E-state index >= 15 is 0 Å². The van der Waals surface area contributed by atoms with Gasteiger partial charge in [0.1, 0.15) is 11.6 Å². The highest BCUT2D eigenvalue weighted by molar-refractivity contribution is 5.94. The van der Waals surface area contributed by atoms with E-state index in [0.29, 0.717) is 24.5 Å². The zero-order valence-corrected chi connectivity index (χ0v) is 16.6. The molecule has 2 N–H and O–H groups in total. The number of hydrogen-bond donors (Lipinski definition) is 1. The molecule has 1 saturated heterocycles. The third-order valence-electron chi connectivity index (χ3n) is 6.39. The summed E-state index contributed by atoms with van der Waals surface area (Å²) in [6, 6.07) is 9.86. The Morgan fingerprint density at radius 1 is 1.24 bits per heavy atom. The van der Waals surface area contributed by atoms with Crippen molar-refractivity contribution in [3.63, 3.8) is 0 Å². The highest BCUT2D eigenvalue weighted by atomic mass is 16.5. The quantitative estimate of drug-likeness (QED) is 0.863. The molecule has 0 radical (unpaired) electrons. The monoisotopic (exact) mass is 393 g/mol. The predicted octanol–water partition coefficient (Wildman–Crippen LogP) is 3.16. The SMILES string of the molecule is Nc1ccc(C(=O)N2CCC3(CC2)OCCc2cc(OCC4CC4)ccc23)cn1. The largest absolute Gasteiger partial charge is 0.493 e. The number of pyridine rings is 1. The number of nitrogens with zero attached hydrogens (tertiary/aromatic N) is 2. The molecule has 1 saturated carbocycles. The van der Waals surface area contributed by atoms with Crippen molar-refractivity contribution in [2.24, 2.45) is 5.92 Å². The lowest BCUT2D eigenvalue weighted by molar-refractivity contribution is -0.0935. The number of nitrogen functional groups attached to an aromatic ring is 1. The number of nitrogens with two attached hydrogens (primary N) is 1. The molecule has 0 bridgehead atoms. The summed E-state index contributed by atoms with van der Waals surface area (Å²) in [5.74, 6) is 2.15. The molecule has 6 heteroatoms. The average Bonchev–Trinajstić information content (AvgIpc) is 3.58. The van der Waals surface area contributed by atoms with Gasteiger partial charge in [0, 0.05) is 19.3 Å². The normalized spacial score (nSPS) is 20.3. The van der Waals surface area contributed by atoms with Gasteiger partial charge in [-0.25, -0.2) is 4.98 Å². The molecule has 1 aliphatic carbocycles. The number of carbonyl (C=O) groups is 1. The summed E-state index contributed by atoms with van der Waals surface area (Å²) in [6.45, 7) is 2.89. The van der Waals surface area contributed by atoms with Gasteiger partial charge >= 0.3 is 0 Å². The molecule has 3 heterocycles. The second-order valence-electron chi connectivity index (χ2n) is 8.43. The molecule has 2 aliphatic heterocycles. The first kappa shape index (κ1) is 18.4. The van der Waals surface area contributed by atoms with Crippen molar-refractivity contribution in [3.8, 4) is 5.75 Å². The van der Waals surface area contributed by atoms with E-state index < -0.39 is 0 Å². The molecule has 1 amide bonds. The minimum atomic E-state index is -0.293. The number of benzene rings is 1. The van der Waals surface area contributed by atoms with Gasteiger partial charge in [0.2, 0.25) is 0 Å².